The zero-order valence-corrected chi connectivity index (χ0v) is 12.7. The van der Waals surface area contributed by atoms with Gasteiger partial charge >= 0.3 is 0 Å². The minimum Gasteiger partial charge on any atom is -0.390 e. The van der Waals surface area contributed by atoms with Crippen LogP contribution >= 0.6 is 0 Å². The third-order valence-corrected chi connectivity index (χ3v) is 3.79. The average Bonchev–Trinajstić information content (AvgIpc) is 2.47. The fourth-order valence-electron chi connectivity index (χ4n) is 2.56. The zero-order chi connectivity index (χ0) is 15.1. The van der Waals surface area contributed by atoms with Crippen LogP contribution in [0, 0.1) is 5.82 Å². The fourth-order valence-corrected chi connectivity index (χ4v) is 2.56. The van der Waals surface area contributed by atoms with Crippen molar-refractivity contribution in [3.05, 3.63) is 35.6 Å². The zero-order valence-electron chi connectivity index (χ0n) is 12.7. The van der Waals surface area contributed by atoms with Crippen molar-refractivity contribution in [1.29, 1.82) is 0 Å². The van der Waals surface area contributed by atoms with Gasteiger partial charge in [0.15, 0.2) is 0 Å². The van der Waals surface area contributed by atoms with E-state index in [-0.39, 0.29) is 11.9 Å². The molecule has 118 valence electrons. The summed E-state index contributed by atoms with van der Waals surface area (Å²) < 4.78 is 18.1. The Morgan fingerprint density at radius 3 is 2.62 bits per heavy atom. The minimum atomic E-state index is -0.346. The van der Waals surface area contributed by atoms with Crippen LogP contribution in [0.2, 0.25) is 0 Å². The van der Waals surface area contributed by atoms with Crippen LogP contribution in [0.3, 0.4) is 0 Å². The molecule has 1 aliphatic heterocycles. The lowest BCUT2D eigenvalue weighted by Gasteiger charge is -2.30. The van der Waals surface area contributed by atoms with E-state index in [1.54, 1.807) is 0 Å². The Hall–Kier alpha value is -1.01. The number of benzene rings is 1. The van der Waals surface area contributed by atoms with Gasteiger partial charge in [-0.15, -0.1) is 0 Å². The van der Waals surface area contributed by atoms with Crippen molar-refractivity contribution < 1.29 is 14.2 Å². The van der Waals surface area contributed by atoms with Crippen molar-refractivity contribution >= 4 is 0 Å². The summed E-state index contributed by atoms with van der Waals surface area (Å²) in [5.41, 5.74) is 1.12. The van der Waals surface area contributed by atoms with Gasteiger partial charge < -0.3 is 14.7 Å². The van der Waals surface area contributed by atoms with Gasteiger partial charge in [-0.1, -0.05) is 12.1 Å². The van der Waals surface area contributed by atoms with Crippen molar-refractivity contribution in [2.75, 3.05) is 53.0 Å². The molecule has 4 nitrogen and oxygen atoms in total. The topological polar surface area (TPSA) is 35.9 Å². The first-order chi connectivity index (χ1) is 10.1. The Balaban J connectivity index is 1.65. The Kier molecular flexibility index (Phi) is 6.57. The van der Waals surface area contributed by atoms with Gasteiger partial charge in [0.1, 0.15) is 5.82 Å². The first-order valence-corrected chi connectivity index (χ1v) is 7.54. The number of rotatable bonds is 7. The number of aliphatic hydroxyl groups excluding tert-OH is 1. The van der Waals surface area contributed by atoms with Crippen molar-refractivity contribution in [3.63, 3.8) is 0 Å². The molecule has 1 atom stereocenters. The molecule has 1 aromatic rings. The van der Waals surface area contributed by atoms with Crippen LogP contribution in [-0.4, -0.2) is 74.0 Å². The van der Waals surface area contributed by atoms with Gasteiger partial charge in [0.25, 0.3) is 0 Å². The van der Waals surface area contributed by atoms with E-state index in [0.717, 1.165) is 44.8 Å². The number of β-amino-alcohol motifs (C(OH)–C–C–N with tert-alkyl or cyclic N) is 1. The second-order valence-electron chi connectivity index (χ2n) is 5.71. The van der Waals surface area contributed by atoms with E-state index in [2.05, 4.69) is 9.80 Å². The molecule has 2 rings (SSSR count). The number of halogens is 1. The fraction of sp³-hybridized carbons (Fsp3) is 0.625. The van der Waals surface area contributed by atoms with Crippen LogP contribution in [-0.2, 0) is 11.2 Å². The third kappa shape index (κ3) is 6.09. The Labute approximate surface area is 126 Å². The largest absolute Gasteiger partial charge is 0.390 e. The molecule has 0 aromatic heterocycles. The molecular formula is C16H25FN2O2. The second kappa shape index (κ2) is 8.44. The summed E-state index contributed by atoms with van der Waals surface area (Å²) in [6.45, 7) is 5.52. The van der Waals surface area contributed by atoms with Gasteiger partial charge in [0.05, 0.1) is 19.3 Å². The normalized spacial score (nSPS) is 18.1. The standard InChI is InChI=1S/C16H25FN2O2/c1-18(7-6-14-2-4-15(17)5-3-14)12-16(20)13-19-8-10-21-11-9-19/h2-5,16,20H,6-13H2,1H3. The van der Waals surface area contributed by atoms with Crippen molar-refractivity contribution in [2.45, 2.75) is 12.5 Å². The van der Waals surface area contributed by atoms with Crippen LogP contribution in [0.1, 0.15) is 5.56 Å². The maximum atomic E-state index is 12.8. The first-order valence-electron chi connectivity index (χ1n) is 7.54. The van der Waals surface area contributed by atoms with Gasteiger partial charge in [0, 0.05) is 32.7 Å². The molecule has 0 aliphatic carbocycles. The number of hydrogen-bond donors (Lipinski definition) is 1. The molecule has 1 aromatic carbocycles. The molecule has 1 fully saturated rings. The number of hydrogen-bond acceptors (Lipinski definition) is 4. The van der Waals surface area contributed by atoms with E-state index < -0.39 is 0 Å². The van der Waals surface area contributed by atoms with E-state index >= 15 is 0 Å². The summed E-state index contributed by atoms with van der Waals surface area (Å²) in [6.07, 6.45) is 0.516. The quantitative estimate of drug-likeness (QED) is 0.814. The maximum Gasteiger partial charge on any atom is 0.123 e. The first kappa shape index (κ1) is 16.4. The molecule has 21 heavy (non-hydrogen) atoms. The maximum absolute atomic E-state index is 12.8. The molecule has 0 spiro atoms. The predicted molar refractivity (Wildman–Crippen MR) is 80.9 cm³/mol. The third-order valence-electron chi connectivity index (χ3n) is 3.79. The van der Waals surface area contributed by atoms with Crippen LogP contribution in [0.25, 0.3) is 0 Å². The number of nitrogens with zero attached hydrogens (tertiary/aromatic N) is 2. The van der Waals surface area contributed by atoms with Gasteiger partial charge in [-0.3, -0.25) is 4.90 Å². The molecule has 1 unspecified atom stereocenters. The van der Waals surface area contributed by atoms with E-state index in [0.29, 0.717) is 13.1 Å². The Morgan fingerprint density at radius 2 is 1.95 bits per heavy atom. The summed E-state index contributed by atoms with van der Waals surface area (Å²) in [7, 11) is 2.01. The number of likely N-dealkylation sites (N-methyl/N-ethyl adjacent to an activating group) is 1. The summed E-state index contributed by atoms with van der Waals surface area (Å²) in [5, 5.41) is 10.1. The van der Waals surface area contributed by atoms with Crippen LogP contribution < -0.4 is 0 Å². The molecule has 0 saturated carbocycles. The number of morpholine rings is 1. The molecule has 0 amide bonds. The molecular weight excluding hydrogens is 271 g/mol. The summed E-state index contributed by atoms with van der Waals surface area (Å²) in [6, 6.07) is 6.60. The summed E-state index contributed by atoms with van der Waals surface area (Å²) in [4.78, 5) is 4.36. The van der Waals surface area contributed by atoms with Crippen LogP contribution in [0.15, 0.2) is 24.3 Å². The smallest absolute Gasteiger partial charge is 0.123 e. The number of ether oxygens (including phenoxy) is 1. The van der Waals surface area contributed by atoms with Crippen LogP contribution in [0.4, 0.5) is 4.39 Å². The SMILES string of the molecule is CN(CCc1ccc(F)cc1)CC(O)CN1CCOCC1. The Morgan fingerprint density at radius 1 is 1.29 bits per heavy atom. The molecule has 0 radical (unpaired) electrons. The molecule has 5 heteroatoms. The van der Waals surface area contributed by atoms with Gasteiger partial charge in [-0.25, -0.2) is 4.39 Å². The molecule has 0 bridgehead atoms. The van der Waals surface area contributed by atoms with E-state index in [4.69, 9.17) is 4.74 Å². The molecule has 1 aliphatic rings. The van der Waals surface area contributed by atoms with Crippen molar-refractivity contribution in [2.24, 2.45) is 0 Å². The summed E-state index contributed by atoms with van der Waals surface area (Å²) in [5.74, 6) is -0.201. The van der Waals surface area contributed by atoms with Gasteiger partial charge in [-0.05, 0) is 31.2 Å². The van der Waals surface area contributed by atoms with Crippen molar-refractivity contribution in [1.82, 2.24) is 9.80 Å². The van der Waals surface area contributed by atoms with Gasteiger partial charge in [-0.2, -0.15) is 0 Å². The highest BCUT2D eigenvalue weighted by molar-refractivity contribution is 5.16. The highest BCUT2D eigenvalue weighted by Crippen LogP contribution is 2.05. The monoisotopic (exact) mass is 296 g/mol. The second-order valence-corrected chi connectivity index (χ2v) is 5.71. The van der Waals surface area contributed by atoms with Crippen molar-refractivity contribution in [3.8, 4) is 0 Å². The van der Waals surface area contributed by atoms with E-state index in [9.17, 15) is 9.50 Å². The molecule has 1 N–H and O–H groups in total. The minimum absolute atomic E-state index is 0.201. The predicted octanol–water partition coefficient (Wildman–Crippen LogP) is 0.993. The number of aliphatic hydroxyl groups is 1. The lowest BCUT2D eigenvalue weighted by Crippen LogP contribution is -2.44. The molecule has 1 heterocycles. The molecule has 1 saturated heterocycles. The summed E-state index contributed by atoms with van der Waals surface area (Å²) >= 11 is 0. The van der Waals surface area contributed by atoms with E-state index in [1.165, 1.54) is 12.1 Å². The Bertz CT molecular complexity index is 407. The van der Waals surface area contributed by atoms with E-state index in [1.807, 2.05) is 19.2 Å². The highest BCUT2D eigenvalue weighted by Gasteiger charge is 2.16. The van der Waals surface area contributed by atoms with Gasteiger partial charge in [0.2, 0.25) is 0 Å². The lowest BCUT2D eigenvalue weighted by atomic mass is 10.1. The lowest BCUT2D eigenvalue weighted by molar-refractivity contribution is 0.00878. The van der Waals surface area contributed by atoms with Crippen LogP contribution in [0.5, 0.6) is 0 Å². The average molecular weight is 296 g/mol. The highest BCUT2D eigenvalue weighted by atomic mass is 19.1.